The number of nitrogens with two attached hydrogens (primary N) is 1. The number of aryl methyl sites for hydroxylation is 1. The third kappa shape index (κ3) is 2.93. The van der Waals surface area contributed by atoms with Crippen molar-refractivity contribution in [3.8, 4) is 0 Å². The first kappa shape index (κ1) is 10.3. The molecule has 14 heavy (non-hydrogen) atoms. The molecule has 4 N–H and O–H groups in total. The highest BCUT2D eigenvalue weighted by Gasteiger charge is 1.99. The lowest BCUT2D eigenvalue weighted by Crippen LogP contribution is -2.08. The summed E-state index contributed by atoms with van der Waals surface area (Å²) < 4.78 is 0. The van der Waals surface area contributed by atoms with Gasteiger partial charge in [0.15, 0.2) is 0 Å². The van der Waals surface area contributed by atoms with E-state index in [1.54, 1.807) is 12.3 Å². The van der Waals surface area contributed by atoms with E-state index in [0.717, 1.165) is 5.56 Å². The van der Waals surface area contributed by atoms with Crippen LogP contribution in [0.15, 0.2) is 12.3 Å². The molecule has 1 aromatic heterocycles. The van der Waals surface area contributed by atoms with Crippen molar-refractivity contribution < 1.29 is 9.90 Å². The van der Waals surface area contributed by atoms with Crippen molar-refractivity contribution in [1.82, 2.24) is 4.98 Å². The predicted octanol–water partition coefficient (Wildman–Crippen LogP) is 0.859. The number of nitrogens with one attached hydrogen (secondary N) is 1. The molecule has 0 bridgehead atoms. The van der Waals surface area contributed by atoms with Crippen LogP contribution in [-0.2, 0) is 4.79 Å². The predicted molar refractivity (Wildman–Crippen MR) is 54.1 cm³/mol. The van der Waals surface area contributed by atoms with Gasteiger partial charge in [0.2, 0.25) is 0 Å². The van der Waals surface area contributed by atoms with Gasteiger partial charge in [0.1, 0.15) is 5.82 Å². The van der Waals surface area contributed by atoms with Crippen LogP contribution in [0.25, 0.3) is 0 Å². The molecule has 0 amide bonds. The summed E-state index contributed by atoms with van der Waals surface area (Å²) in [6.07, 6.45) is 1.63. The van der Waals surface area contributed by atoms with Crippen LogP contribution in [0.4, 0.5) is 11.5 Å². The number of anilines is 2. The van der Waals surface area contributed by atoms with Gasteiger partial charge < -0.3 is 16.2 Å². The van der Waals surface area contributed by atoms with Crippen molar-refractivity contribution >= 4 is 17.5 Å². The standard InChI is InChI=1S/C9H13N3O2/c1-6-4-8(12-5-7(6)10)11-3-2-9(13)14/h4-5H,2-3,10H2,1H3,(H,11,12)(H,13,14). The third-order valence-electron chi connectivity index (χ3n) is 1.80. The minimum atomic E-state index is -0.829. The first-order valence-electron chi connectivity index (χ1n) is 4.27. The first-order valence-corrected chi connectivity index (χ1v) is 4.27. The zero-order valence-electron chi connectivity index (χ0n) is 7.95. The molecule has 0 fully saturated rings. The number of hydrogen-bond acceptors (Lipinski definition) is 4. The average molecular weight is 195 g/mol. The van der Waals surface area contributed by atoms with Crippen LogP contribution in [0.2, 0.25) is 0 Å². The number of pyridine rings is 1. The molecule has 0 spiro atoms. The first-order chi connectivity index (χ1) is 6.59. The highest BCUT2D eigenvalue weighted by molar-refractivity contribution is 5.67. The van der Waals surface area contributed by atoms with Crippen LogP contribution in [0, 0.1) is 6.92 Å². The van der Waals surface area contributed by atoms with Crippen molar-refractivity contribution in [3.63, 3.8) is 0 Å². The highest BCUT2D eigenvalue weighted by atomic mass is 16.4. The number of carboxylic acid groups (broad SMARTS) is 1. The van der Waals surface area contributed by atoms with E-state index in [4.69, 9.17) is 10.8 Å². The Kier molecular flexibility index (Phi) is 3.28. The van der Waals surface area contributed by atoms with Crippen LogP contribution in [-0.4, -0.2) is 22.6 Å². The molecule has 0 aliphatic carbocycles. The number of rotatable bonds is 4. The van der Waals surface area contributed by atoms with E-state index in [0.29, 0.717) is 18.1 Å². The van der Waals surface area contributed by atoms with E-state index >= 15 is 0 Å². The molecule has 76 valence electrons. The number of nitrogen functional groups attached to an aromatic ring is 1. The number of hydrogen-bond donors (Lipinski definition) is 3. The second kappa shape index (κ2) is 4.45. The van der Waals surface area contributed by atoms with Crippen molar-refractivity contribution in [3.05, 3.63) is 17.8 Å². The van der Waals surface area contributed by atoms with Gasteiger partial charge in [0.05, 0.1) is 18.3 Å². The number of nitrogens with zero attached hydrogens (tertiary/aromatic N) is 1. The summed E-state index contributed by atoms with van der Waals surface area (Å²) >= 11 is 0. The summed E-state index contributed by atoms with van der Waals surface area (Å²) in [5.74, 6) is -0.178. The van der Waals surface area contributed by atoms with Gasteiger partial charge in [-0.25, -0.2) is 4.98 Å². The van der Waals surface area contributed by atoms with Gasteiger partial charge in [-0.15, -0.1) is 0 Å². The minimum absolute atomic E-state index is 0.0745. The molecular formula is C9H13N3O2. The van der Waals surface area contributed by atoms with E-state index in [9.17, 15) is 4.79 Å². The molecule has 0 atom stereocenters. The molecule has 1 heterocycles. The fourth-order valence-corrected chi connectivity index (χ4v) is 0.961. The van der Waals surface area contributed by atoms with Crippen molar-refractivity contribution in [2.45, 2.75) is 13.3 Å². The molecule has 0 unspecified atom stereocenters. The lowest BCUT2D eigenvalue weighted by molar-refractivity contribution is -0.136. The van der Waals surface area contributed by atoms with E-state index in [1.807, 2.05) is 6.92 Å². The van der Waals surface area contributed by atoms with Crippen LogP contribution in [0.5, 0.6) is 0 Å². The van der Waals surface area contributed by atoms with Crippen molar-refractivity contribution in [2.24, 2.45) is 0 Å². The average Bonchev–Trinajstić information content (AvgIpc) is 2.10. The van der Waals surface area contributed by atoms with Crippen molar-refractivity contribution in [2.75, 3.05) is 17.6 Å². The van der Waals surface area contributed by atoms with Crippen LogP contribution >= 0.6 is 0 Å². The number of aromatic nitrogens is 1. The van der Waals surface area contributed by atoms with E-state index in [-0.39, 0.29) is 6.42 Å². The van der Waals surface area contributed by atoms with Gasteiger partial charge in [-0.3, -0.25) is 4.79 Å². The molecule has 0 radical (unpaired) electrons. The lowest BCUT2D eigenvalue weighted by Gasteiger charge is -2.05. The molecule has 1 rings (SSSR count). The number of aliphatic carboxylic acids is 1. The second-order valence-corrected chi connectivity index (χ2v) is 3.00. The second-order valence-electron chi connectivity index (χ2n) is 3.00. The molecule has 5 nitrogen and oxygen atoms in total. The van der Waals surface area contributed by atoms with Gasteiger partial charge in [0, 0.05) is 6.54 Å². The zero-order valence-corrected chi connectivity index (χ0v) is 7.95. The quantitative estimate of drug-likeness (QED) is 0.663. The Morgan fingerprint density at radius 3 is 3.00 bits per heavy atom. The molecule has 5 heteroatoms. The maximum absolute atomic E-state index is 10.2. The summed E-state index contributed by atoms with van der Waals surface area (Å²) in [5, 5.41) is 11.3. The van der Waals surface area contributed by atoms with Gasteiger partial charge in [-0.05, 0) is 18.6 Å². The molecule has 1 aromatic rings. The molecule has 0 aliphatic rings. The van der Waals surface area contributed by atoms with Crippen molar-refractivity contribution in [1.29, 1.82) is 0 Å². The third-order valence-corrected chi connectivity index (χ3v) is 1.80. The number of carbonyl (C=O) groups is 1. The van der Waals surface area contributed by atoms with E-state index in [2.05, 4.69) is 10.3 Å². The fourth-order valence-electron chi connectivity index (χ4n) is 0.961. The maximum atomic E-state index is 10.2. The monoisotopic (exact) mass is 195 g/mol. The Hall–Kier alpha value is -1.78. The molecule has 0 saturated carbocycles. The van der Waals surface area contributed by atoms with Gasteiger partial charge in [-0.2, -0.15) is 0 Å². The summed E-state index contributed by atoms with van der Waals surface area (Å²) in [4.78, 5) is 14.2. The summed E-state index contributed by atoms with van der Waals surface area (Å²) in [7, 11) is 0. The van der Waals surface area contributed by atoms with E-state index in [1.165, 1.54) is 0 Å². The minimum Gasteiger partial charge on any atom is -0.481 e. The molecule has 0 saturated heterocycles. The van der Waals surface area contributed by atoms with Gasteiger partial charge in [0.25, 0.3) is 0 Å². The topological polar surface area (TPSA) is 88.2 Å². The highest BCUT2D eigenvalue weighted by Crippen LogP contribution is 2.12. The lowest BCUT2D eigenvalue weighted by atomic mass is 10.2. The Morgan fingerprint density at radius 2 is 2.43 bits per heavy atom. The van der Waals surface area contributed by atoms with Gasteiger partial charge >= 0.3 is 5.97 Å². The van der Waals surface area contributed by atoms with Crippen LogP contribution in [0.3, 0.4) is 0 Å². The van der Waals surface area contributed by atoms with E-state index < -0.39 is 5.97 Å². The zero-order chi connectivity index (χ0) is 10.6. The molecule has 0 aromatic carbocycles. The summed E-state index contributed by atoms with van der Waals surface area (Å²) in [6.45, 7) is 2.24. The number of carboxylic acids is 1. The SMILES string of the molecule is Cc1cc(NCCC(=O)O)ncc1N. The fraction of sp³-hybridized carbons (Fsp3) is 0.333. The summed E-state index contributed by atoms with van der Waals surface area (Å²) in [5.41, 5.74) is 7.14. The molecule has 0 aliphatic heterocycles. The Bertz CT molecular complexity index is 339. The Labute approximate surface area is 82.0 Å². The van der Waals surface area contributed by atoms with Crippen LogP contribution < -0.4 is 11.1 Å². The Balaban J connectivity index is 2.51. The van der Waals surface area contributed by atoms with Crippen LogP contribution in [0.1, 0.15) is 12.0 Å². The maximum Gasteiger partial charge on any atom is 0.305 e. The molecular weight excluding hydrogens is 182 g/mol. The largest absolute Gasteiger partial charge is 0.481 e. The smallest absolute Gasteiger partial charge is 0.305 e. The van der Waals surface area contributed by atoms with Gasteiger partial charge in [-0.1, -0.05) is 0 Å². The summed E-state index contributed by atoms with van der Waals surface area (Å²) in [6, 6.07) is 1.79. The Morgan fingerprint density at radius 1 is 1.71 bits per heavy atom. The normalized spacial score (nSPS) is 9.79.